The lowest BCUT2D eigenvalue weighted by atomic mass is 10.0. The fourth-order valence-electron chi connectivity index (χ4n) is 4.18. The Balaban J connectivity index is 1.65. The van der Waals surface area contributed by atoms with Gasteiger partial charge in [-0.2, -0.15) is 0 Å². The summed E-state index contributed by atoms with van der Waals surface area (Å²) in [5.74, 6) is -1.87. The van der Waals surface area contributed by atoms with Crippen molar-refractivity contribution in [1.82, 2.24) is 25.1 Å². The summed E-state index contributed by atoms with van der Waals surface area (Å²) in [6.45, 7) is 6.58. The molecule has 2 heterocycles. The Hall–Kier alpha value is -4.62. The number of rotatable bonds is 13. The number of carbonyl (C=O) groups is 3. The van der Waals surface area contributed by atoms with E-state index in [0.717, 1.165) is 17.4 Å². The Bertz CT molecular complexity index is 1550. The number of ether oxygens (including phenoxy) is 3. The average Bonchev–Trinajstić information content (AvgIpc) is 3.70. The fraction of sp³-hybridized carbons (Fsp3) is 0.483. The van der Waals surface area contributed by atoms with E-state index in [-0.39, 0.29) is 49.2 Å². The molecule has 1 N–H and O–H groups in total. The van der Waals surface area contributed by atoms with Gasteiger partial charge in [0.25, 0.3) is 5.56 Å². The second-order valence-corrected chi connectivity index (χ2v) is 10.8. The van der Waals surface area contributed by atoms with Crippen LogP contribution in [0.4, 0.5) is 9.18 Å². The molecule has 0 aliphatic heterocycles. The van der Waals surface area contributed by atoms with Gasteiger partial charge in [-0.25, -0.2) is 14.2 Å². The maximum atomic E-state index is 13.7. The van der Waals surface area contributed by atoms with Crippen LogP contribution in [-0.4, -0.2) is 50.5 Å². The van der Waals surface area contributed by atoms with Gasteiger partial charge in [0.05, 0.1) is 12.1 Å². The van der Waals surface area contributed by atoms with Crippen LogP contribution < -0.4 is 15.6 Å². The molecule has 1 saturated carbocycles. The predicted octanol–water partition coefficient (Wildman–Crippen LogP) is 3.77. The molecular formula is C29H34FN5O8. The van der Waals surface area contributed by atoms with Crippen molar-refractivity contribution in [3.05, 3.63) is 69.3 Å². The fourth-order valence-corrected chi connectivity index (χ4v) is 4.18. The first-order chi connectivity index (χ1) is 20.4. The van der Waals surface area contributed by atoms with Gasteiger partial charge in [-0.15, -0.1) is 10.2 Å². The standard InChI is InChI=1S/C29H34FN5O8/c1-6-21(43-28(39)40-15-18-7-8-18)42-23-22(20(36)14-11-17-9-12-19(30)13-10-17)31-27(35(5)26(23)38)29(3,4)32-24(37)25-34-33-16(2)41-25/h9-10,12-13,18,21H,6-8,11,14-15H2,1-5H3,(H,32,37). The maximum absolute atomic E-state index is 13.7. The van der Waals surface area contributed by atoms with Gasteiger partial charge in [0, 0.05) is 26.8 Å². The van der Waals surface area contributed by atoms with Gasteiger partial charge in [0.1, 0.15) is 11.6 Å². The zero-order chi connectivity index (χ0) is 31.3. The van der Waals surface area contributed by atoms with Gasteiger partial charge in [-0.3, -0.25) is 19.0 Å². The number of halogens is 1. The summed E-state index contributed by atoms with van der Waals surface area (Å²) in [7, 11) is 1.40. The zero-order valence-electron chi connectivity index (χ0n) is 24.6. The summed E-state index contributed by atoms with van der Waals surface area (Å²) in [4.78, 5) is 56.7. The number of hydrogen-bond donors (Lipinski definition) is 1. The van der Waals surface area contributed by atoms with Gasteiger partial charge in [0.15, 0.2) is 11.5 Å². The second-order valence-electron chi connectivity index (χ2n) is 10.8. The van der Waals surface area contributed by atoms with Crippen molar-refractivity contribution in [3.8, 4) is 5.75 Å². The van der Waals surface area contributed by atoms with Crippen LogP contribution in [0.25, 0.3) is 0 Å². The minimum atomic E-state index is -1.31. The van der Waals surface area contributed by atoms with E-state index in [4.69, 9.17) is 18.6 Å². The highest BCUT2D eigenvalue weighted by atomic mass is 19.1. The van der Waals surface area contributed by atoms with Crippen molar-refractivity contribution < 1.29 is 37.4 Å². The van der Waals surface area contributed by atoms with E-state index in [0.29, 0.717) is 11.5 Å². The van der Waals surface area contributed by atoms with E-state index in [1.54, 1.807) is 32.9 Å². The summed E-state index contributed by atoms with van der Waals surface area (Å²) in [5.41, 5.74) is -1.69. The van der Waals surface area contributed by atoms with E-state index in [1.807, 2.05) is 0 Å². The SMILES string of the molecule is CCC(OC(=O)OCC1CC1)Oc1c(C(=O)CCc2ccc(F)cc2)nc(C(C)(C)NC(=O)c2nnc(C)o2)n(C)c1=O. The highest BCUT2D eigenvalue weighted by molar-refractivity contribution is 5.97. The Morgan fingerprint density at radius 1 is 1.19 bits per heavy atom. The van der Waals surface area contributed by atoms with Crippen LogP contribution in [0, 0.1) is 18.7 Å². The number of nitrogens with one attached hydrogen (secondary N) is 1. The molecular weight excluding hydrogens is 565 g/mol. The molecule has 13 nitrogen and oxygen atoms in total. The van der Waals surface area contributed by atoms with Crippen molar-refractivity contribution in [3.63, 3.8) is 0 Å². The molecule has 1 amide bonds. The van der Waals surface area contributed by atoms with E-state index in [9.17, 15) is 23.6 Å². The van der Waals surface area contributed by atoms with E-state index in [1.165, 1.54) is 26.1 Å². The predicted molar refractivity (Wildman–Crippen MR) is 148 cm³/mol. The van der Waals surface area contributed by atoms with E-state index in [2.05, 4.69) is 20.5 Å². The van der Waals surface area contributed by atoms with Crippen molar-refractivity contribution in [2.45, 2.75) is 71.6 Å². The maximum Gasteiger partial charge on any atom is 0.511 e. The first-order valence-corrected chi connectivity index (χ1v) is 13.9. The minimum Gasteiger partial charge on any atom is -0.446 e. The first kappa shape index (κ1) is 31.3. The normalized spacial score (nSPS) is 13.7. The quantitative estimate of drug-likeness (QED) is 0.173. The van der Waals surface area contributed by atoms with Crippen molar-refractivity contribution in [2.75, 3.05) is 6.61 Å². The van der Waals surface area contributed by atoms with E-state index >= 15 is 0 Å². The number of hydrogen-bond acceptors (Lipinski definition) is 11. The van der Waals surface area contributed by atoms with Crippen LogP contribution in [0.15, 0.2) is 33.5 Å². The molecule has 0 saturated heterocycles. The van der Waals surface area contributed by atoms with Crippen LogP contribution in [0.1, 0.15) is 84.9 Å². The molecule has 1 unspecified atom stereocenters. The molecule has 2 aromatic heterocycles. The number of nitrogens with zero attached hydrogens (tertiary/aromatic N) is 4. The zero-order valence-corrected chi connectivity index (χ0v) is 24.6. The molecule has 0 spiro atoms. The topological polar surface area (TPSA) is 165 Å². The Morgan fingerprint density at radius 3 is 2.49 bits per heavy atom. The number of ketones is 1. The van der Waals surface area contributed by atoms with Crippen LogP contribution in [-0.2, 0) is 28.5 Å². The van der Waals surface area contributed by atoms with Gasteiger partial charge < -0.3 is 23.9 Å². The third-order valence-corrected chi connectivity index (χ3v) is 6.72. The number of Topliss-reactive ketones (excluding diaryl/α,β-unsaturated/α-hetero) is 1. The number of carbonyl (C=O) groups excluding carboxylic acids is 3. The lowest BCUT2D eigenvalue weighted by Crippen LogP contribution is -2.46. The highest BCUT2D eigenvalue weighted by Crippen LogP contribution is 2.29. The van der Waals surface area contributed by atoms with Crippen LogP contribution in [0.5, 0.6) is 5.75 Å². The van der Waals surface area contributed by atoms with Gasteiger partial charge in [-0.1, -0.05) is 19.1 Å². The van der Waals surface area contributed by atoms with Crippen molar-refractivity contribution in [2.24, 2.45) is 13.0 Å². The van der Waals surface area contributed by atoms with Crippen molar-refractivity contribution in [1.29, 1.82) is 0 Å². The molecule has 43 heavy (non-hydrogen) atoms. The average molecular weight is 600 g/mol. The lowest BCUT2D eigenvalue weighted by molar-refractivity contribution is -0.0675. The summed E-state index contributed by atoms with van der Waals surface area (Å²) in [5, 5.41) is 10.0. The third kappa shape index (κ3) is 8.02. The number of benzene rings is 1. The number of amides is 1. The van der Waals surface area contributed by atoms with Crippen molar-refractivity contribution >= 4 is 17.8 Å². The first-order valence-electron chi connectivity index (χ1n) is 13.9. The summed E-state index contributed by atoms with van der Waals surface area (Å²) in [6, 6.07) is 5.67. The third-order valence-electron chi connectivity index (χ3n) is 6.72. The van der Waals surface area contributed by atoms with E-state index < -0.39 is 46.8 Å². The second kappa shape index (κ2) is 13.1. The number of aryl methyl sites for hydroxylation is 2. The molecule has 230 valence electrons. The summed E-state index contributed by atoms with van der Waals surface area (Å²) < 4.78 is 35.9. The Morgan fingerprint density at radius 2 is 1.88 bits per heavy atom. The van der Waals surface area contributed by atoms with Gasteiger partial charge in [-0.05, 0) is 56.7 Å². The lowest BCUT2D eigenvalue weighted by Gasteiger charge is -2.28. The van der Waals surface area contributed by atoms with Crippen LogP contribution in [0.3, 0.4) is 0 Å². The summed E-state index contributed by atoms with van der Waals surface area (Å²) in [6.07, 6.45) is 0.0127. The Kier molecular flexibility index (Phi) is 9.56. The molecule has 1 fully saturated rings. The van der Waals surface area contributed by atoms with Crippen LogP contribution in [0.2, 0.25) is 0 Å². The number of aromatic nitrogens is 4. The molecule has 1 aliphatic carbocycles. The molecule has 14 heteroatoms. The van der Waals surface area contributed by atoms with Crippen LogP contribution >= 0.6 is 0 Å². The molecule has 1 aliphatic rings. The molecule has 4 rings (SSSR count). The summed E-state index contributed by atoms with van der Waals surface area (Å²) >= 11 is 0. The monoisotopic (exact) mass is 599 g/mol. The minimum absolute atomic E-state index is 0.0254. The molecule has 1 atom stereocenters. The largest absolute Gasteiger partial charge is 0.511 e. The molecule has 3 aromatic rings. The van der Waals surface area contributed by atoms with Gasteiger partial charge >= 0.3 is 18.0 Å². The molecule has 0 radical (unpaired) electrons. The Labute approximate surface area is 246 Å². The highest BCUT2D eigenvalue weighted by Gasteiger charge is 2.34. The molecule has 1 aromatic carbocycles. The molecule has 0 bridgehead atoms. The smallest absolute Gasteiger partial charge is 0.446 e. The van der Waals surface area contributed by atoms with Gasteiger partial charge in [0.2, 0.25) is 17.9 Å².